The second kappa shape index (κ2) is 5.61. The minimum atomic E-state index is -5.36. The van der Waals surface area contributed by atoms with E-state index in [1.165, 1.54) is 7.11 Å². The first-order chi connectivity index (χ1) is 5.45. The van der Waals surface area contributed by atoms with Gasteiger partial charge in [0.15, 0.2) is 0 Å². The van der Waals surface area contributed by atoms with E-state index in [1.54, 1.807) is 6.82 Å². The fraction of sp³-hybridized carbons (Fsp3) is 1.00. The first-order valence-corrected chi connectivity index (χ1v) is 5.51. The fourth-order valence-electron chi connectivity index (χ4n) is 0.590. The zero-order chi connectivity index (χ0) is 9.61. The van der Waals surface area contributed by atoms with Gasteiger partial charge in [0, 0.05) is 19.8 Å². The molecular formula is C5H12BF3O2Si. The van der Waals surface area contributed by atoms with Crippen molar-refractivity contribution in [3.8, 4) is 0 Å². The lowest BCUT2D eigenvalue weighted by molar-refractivity contribution is 0.232. The highest BCUT2D eigenvalue weighted by atomic mass is 28.5. The van der Waals surface area contributed by atoms with Crippen molar-refractivity contribution in [2.45, 2.75) is 19.3 Å². The summed E-state index contributed by atoms with van der Waals surface area (Å²) in [7, 11) is -4.33. The predicted molar refractivity (Wildman–Crippen MR) is 43.1 cm³/mol. The van der Waals surface area contributed by atoms with E-state index >= 15 is 0 Å². The Kier molecular flexibility index (Phi) is 5.60. The van der Waals surface area contributed by atoms with Gasteiger partial charge in [-0.25, -0.2) is 12.3 Å². The molecule has 7 heteroatoms. The standard InChI is InChI=1S/C5H12BF3O2Si/c1-6(10-2)11-4-3-5-12(7,8)9/h3-5H2,1-2H3. The van der Waals surface area contributed by atoms with Crippen LogP contribution >= 0.6 is 0 Å². The maximum atomic E-state index is 11.7. The Labute approximate surface area is 71.7 Å². The predicted octanol–water partition coefficient (Wildman–Crippen LogP) is 2.00. The van der Waals surface area contributed by atoms with Gasteiger partial charge in [0.2, 0.25) is 0 Å². The molecule has 0 radical (unpaired) electrons. The Bertz CT molecular complexity index is 122. The summed E-state index contributed by atoms with van der Waals surface area (Å²) < 4.78 is 44.7. The summed E-state index contributed by atoms with van der Waals surface area (Å²) in [5.41, 5.74) is 0. The maximum Gasteiger partial charge on any atom is 0.616 e. The summed E-state index contributed by atoms with van der Waals surface area (Å²) in [5.74, 6) is 0. The van der Waals surface area contributed by atoms with E-state index in [0.717, 1.165) is 0 Å². The Balaban J connectivity index is 3.22. The average Bonchev–Trinajstić information content (AvgIpc) is 1.96. The summed E-state index contributed by atoms with van der Waals surface area (Å²) in [5, 5.41) is 0. The molecule has 0 aliphatic heterocycles. The summed E-state index contributed by atoms with van der Waals surface area (Å²) in [6, 6.07) is -0.663. The van der Waals surface area contributed by atoms with Gasteiger partial charge in [-0.2, -0.15) is 0 Å². The van der Waals surface area contributed by atoms with Crippen LogP contribution in [0.15, 0.2) is 0 Å². The molecule has 0 heterocycles. The largest absolute Gasteiger partial charge is 0.616 e. The summed E-state index contributed by atoms with van der Waals surface area (Å²) in [6.45, 7) is 1.76. The van der Waals surface area contributed by atoms with Crippen LogP contribution in [0.4, 0.5) is 12.3 Å². The summed E-state index contributed by atoms with van der Waals surface area (Å²) in [6.07, 6.45) is 0.0451. The molecule has 0 unspecified atom stereocenters. The molecule has 0 aliphatic carbocycles. The zero-order valence-corrected chi connectivity index (χ0v) is 8.15. The van der Waals surface area contributed by atoms with Crippen LogP contribution < -0.4 is 0 Å². The van der Waals surface area contributed by atoms with Crippen LogP contribution in [0.2, 0.25) is 12.9 Å². The Morgan fingerprint density at radius 1 is 1.33 bits per heavy atom. The molecule has 0 aromatic rings. The van der Waals surface area contributed by atoms with Crippen molar-refractivity contribution < 1.29 is 21.6 Å². The van der Waals surface area contributed by atoms with Crippen molar-refractivity contribution in [2.24, 2.45) is 0 Å². The molecule has 0 aromatic carbocycles. The normalized spacial score (nSPS) is 11.8. The Hall–Kier alpha value is -0.00818. The minimum absolute atomic E-state index is 0.0451. The van der Waals surface area contributed by atoms with Crippen LogP contribution in [0.1, 0.15) is 6.42 Å². The zero-order valence-electron chi connectivity index (χ0n) is 7.15. The molecule has 0 saturated heterocycles. The van der Waals surface area contributed by atoms with Crippen molar-refractivity contribution in [3.05, 3.63) is 0 Å². The van der Waals surface area contributed by atoms with E-state index in [1.807, 2.05) is 0 Å². The molecule has 0 atom stereocenters. The summed E-state index contributed by atoms with van der Waals surface area (Å²) in [4.78, 5) is 0. The van der Waals surface area contributed by atoms with Crippen LogP contribution in [0.5, 0.6) is 0 Å². The third-order valence-corrected chi connectivity index (χ3v) is 2.21. The quantitative estimate of drug-likeness (QED) is 0.371. The molecule has 0 fully saturated rings. The van der Waals surface area contributed by atoms with E-state index in [0.29, 0.717) is 0 Å². The van der Waals surface area contributed by atoms with Gasteiger partial charge in [0.1, 0.15) is 0 Å². The molecule has 2 nitrogen and oxygen atoms in total. The van der Waals surface area contributed by atoms with Crippen molar-refractivity contribution in [2.75, 3.05) is 13.7 Å². The second-order valence-electron chi connectivity index (χ2n) is 2.39. The molecule has 0 saturated carbocycles. The first kappa shape index (κ1) is 12.0. The number of rotatable bonds is 6. The van der Waals surface area contributed by atoms with Crippen LogP contribution in [0, 0.1) is 0 Å². The molecule has 0 aromatic heterocycles. The lowest BCUT2D eigenvalue weighted by Gasteiger charge is -2.07. The third kappa shape index (κ3) is 8.09. The molecule has 72 valence electrons. The first-order valence-electron chi connectivity index (χ1n) is 3.67. The highest BCUT2D eigenvalue weighted by Gasteiger charge is 2.35. The monoisotopic (exact) mass is 200 g/mol. The van der Waals surface area contributed by atoms with Crippen LogP contribution in [-0.2, 0) is 9.31 Å². The lowest BCUT2D eigenvalue weighted by atomic mass is 9.96. The molecule has 0 bridgehead atoms. The maximum absolute atomic E-state index is 11.7. The summed E-state index contributed by atoms with van der Waals surface area (Å²) >= 11 is 0. The van der Waals surface area contributed by atoms with E-state index in [2.05, 4.69) is 0 Å². The van der Waals surface area contributed by atoms with E-state index in [9.17, 15) is 12.3 Å². The topological polar surface area (TPSA) is 18.5 Å². The van der Waals surface area contributed by atoms with Gasteiger partial charge < -0.3 is 9.31 Å². The smallest absolute Gasteiger partial charge is 0.414 e. The highest BCUT2D eigenvalue weighted by Crippen LogP contribution is 2.16. The number of hydrogen-bond donors (Lipinski definition) is 0. The highest BCUT2D eigenvalue weighted by molar-refractivity contribution is 6.58. The van der Waals surface area contributed by atoms with Crippen molar-refractivity contribution in [1.29, 1.82) is 0 Å². The Morgan fingerprint density at radius 2 is 1.92 bits per heavy atom. The molecular weight excluding hydrogens is 188 g/mol. The van der Waals surface area contributed by atoms with E-state index in [-0.39, 0.29) is 13.0 Å². The molecule has 0 N–H and O–H groups in total. The van der Waals surface area contributed by atoms with Crippen molar-refractivity contribution >= 4 is 16.2 Å². The fourth-order valence-corrected chi connectivity index (χ4v) is 1.14. The van der Waals surface area contributed by atoms with Gasteiger partial charge in [0.05, 0.1) is 0 Å². The van der Waals surface area contributed by atoms with Crippen LogP contribution in [0.25, 0.3) is 0 Å². The molecule has 0 amide bonds. The number of hydrogen-bond acceptors (Lipinski definition) is 2. The van der Waals surface area contributed by atoms with Gasteiger partial charge in [0.25, 0.3) is 0 Å². The number of halogens is 3. The molecule has 0 rings (SSSR count). The Morgan fingerprint density at radius 3 is 2.33 bits per heavy atom. The molecule has 0 spiro atoms. The van der Waals surface area contributed by atoms with Crippen LogP contribution in [-0.4, -0.2) is 29.9 Å². The molecule has 0 aliphatic rings. The average molecular weight is 200 g/mol. The van der Waals surface area contributed by atoms with Gasteiger partial charge in [-0.1, -0.05) is 0 Å². The minimum Gasteiger partial charge on any atom is -0.414 e. The van der Waals surface area contributed by atoms with Gasteiger partial charge in [-0.05, 0) is 13.2 Å². The van der Waals surface area contributed by atoms with Gasteiger partial charge in [-0.15, -0.1) is 0 Å². The van der Waals surface area contributed by atoms with Crippen molar-refractivity contribution in [3.63, 3.8) is 0 Å². The van der Waals surface area contributed by atoms with Crippen molar-refractivity contribution in [1.82, 2.24) is 0 Å². The SMILES string of the molecule is COB(C)OCCC[Si](F)(F)F. The van der Waals surface area contributed by atoms with E-state index in [4.69, 9.17) is 9.31 Å². The second-order valence-corrected chi connectivity index (χ2v) is 4.12. The van der Waals surface area contributed by atoms with Gasteiger partial charge >= 0.3 is 16.2 Å². The third-order valence-electron chi connectivity index (χ3n) is 1.29. The lowest BCUT2D eigenvalue weighted by Crippen LogP contribution is -2.19. The van der Waals surface area contributed by atoms with Gasteiger partial charge in [-0.3, -0.25) is 0 Å². The van der Waals surface area contributed by atoms with E-state index < -0.39 is 22.2 Å². The van der Waals surface area contributed by atoms with Crippen LogP contribution in [0.3, 0.4) is 0 Å². The molecule has 12 heavy (non-hydrogen) atoms.